The first kappa shape index (κ1) is 22.5. The van der Waals surface area contributed by atoms with E-state index < -0.39 is 0 Å². The summed E-state index contributed by atoms with van der Waals surface area (Å²) in [5.74, 6) is 0.283. The lowest BCUT2D eigenvalue weighted by molar-refractivity contribution is -0.118. The Morgan fingerprint density at radius 3 is 2.84 bits per heavy atom. The molecule has 6 nitrogen and oxygen atoms in total. The van der Waals surface area contributed by atoms with Crippen LogP contribution in [0.5, 0.6) is 0 Å². The first-order valence-corrected chi connectivity index (χ1v) is 12.4. The summed E-state index contributed by atoms with van der Waals surface area (Å²) < 4.78 is 5.50. The number of ether oxygens (including phenoxy) is 1. The van der Waals surface area contributed by atoms with Gasteiger partial charge in [-0.3, -0.25) is 9.69 Å². The van der Waals surface area contributed by atoms with E-state index in [1.807, 2.05) is 24.3 Å². The summed E-state index contributed by atoms with van der Waals surface area (Å²) in [5, 5.41) is 5.74. The molecule has 1 N–H and O–H groups in total. The van der Waals surface area contributed by atoms with Crippen molar-refractivity contribution in [2.75, 3.05) is 38.6 Å². The van der Waals surface area contributed by atoms with Crippen LogP contribution in [0.3, 0.4) is 0 Å². The second kappa shape index (κ2) is 10.3. The second-order valence-corrected chi connectivity index (χ2v) is 10.00. The van der Waals surface area contributed by atoms with Crippen molar-refractivity contribution < 1.29 is 9.53 Å². The minimum absolute atomic E-state index is 0.0130. The molecule has 3 aromatic rings. The maximum atomic E-state index is 12.7. The predicted octanol–water partition coefficient (Wildman–Crippen LogP) is 4.24. The summed E-state index contributed by atoms with van der Waals surface area (Å²) in [6.45, 7) is 7.68. The monoisotopic (exact) mass is 476 g/mol. The number of thioether (sulfide) groups is 1. The Hall–Kier alpha value is -1.71. The summed E-state index contributed by atoms with van der Waals surface area (Å²) in [4.78, 5) is 26.0. The quantitative estimate of drug-likeness (QED) is 0.406. The van der Waals surface area contributed by atoms with E-state index in [1.165, 1.54) is 22.2 Å². The number of rotatable bonds is 7. The van der Waals surface area contributed by atoms with Crippen LogP contribution in [0.2, 0.25) is 5.02 Å². The number of morpholine rings is 1. The Labute approximate surface area is 195 Å². The highest BCUT2D eigenvalue weighted by Gasteiger charge is 2.25. The summed E-state index contributed by atoms with van der Waals surface area (Å²) in [6, 6.07) is 7.85. The second-order valence-electron chi connectivity index (χ2n) is 7.42. The largest absolute Gasteiger partial charge is 0.379 e. The minimum atomic E-state index is -0.0216. The van der Waals surface area contributed by atoms with Crippen molar-refractivity contribution in [3.8, 4) is 0 Å². The number of carbonyl (C=O) groups is 1. The molecule has 1 atom stereocenters. The van der Waals surface area contributed by atoms with Gasteiger partial charge >= 0.3 is 0 Å². The number of amides is 1. The third-order valence-electron chi connectivity index (χ3n) is 5.51. The molecule has 4 rings (SSSR count). The highest BCUT2D eigenvalue weighted by molar-refractivity contribution is 8.00. The number of aromatic nitrogens is 2. The van der Waals surface area contributed by atoms with Gasteiger partial charge in [-0.15, -0.1) is 11.3 Å². The summed E-state index contributed by atoms with van der Waals surface area (Å²) >= 11 is 9.60. The number of fused-ring (bicyclic) bond motifs is 1. The summed E-state index contributed by atoms with van der Waals surface area (Å²) in [7, 11) is 0. The van der Waals surface area contributed by atoms with Crippen molar-refractivity contribution >= 4 is 50.8 Å². The van der Waals surface area contributed by atoms with E-state index in [-0.39, 0.29) is 11.9 Å². The first-order valence-electron chi connectivity index (χ1n) is 10.2. The van der Waals surface area contributed by atoms with Crippen LogP contribution in [-0.2, 0) is 9.53 Å². The van der Waals surface area contributed by atoms with Crippen LogP contribution in [0.25, 0.3) is 10.2 Å². The van der Waals surface area contributed by atoms with Gasteiger partial charge in [-0.2, -0.15) is 0 Å². The molecule has 1 aromatic carbocycles. The topological polar surface area (TPSA) is 67.4 Å². The molecule has 1 unspecified atom stereocenters. The molecule has 0 spiro atoms. The lowest BCUT2D eigenvalue weighted by Gasteiger charge is -2.35. The van der Waals surface area contributed by atoms with Crippen molar-refractivity contribution in [3.63, 3.8) is 0 Å². The molecule has 31 heavy (non-hydrogen) atoms. The van der Waals surface area contributed by atoms with E-state index in [1.54, 1.807) is 17.7 Å². The molecule has 1 fully saturated rings. The zero-order chi connectivity index (χ0) is 21.8. The normalized spacial score (nSPS) is 15.8. The number of hydrogen-bond acceptors (Lipinski definition) is 7. The zero-order valence-corrected chi connectivity index (χ0v) is 19.9. The highest BCUT2D eigenvalue weighted by atomic mass is 35.5. The molecule has 164 valence electrons. The number of nitrogens with one attached hydrogen (secondary N) is 1. The molecule has 0 bridgehead atoms. The number of halogens is 1. The molecule has 1 amide bonds. The first-order chi connectivity index (χ1) is 15.0. The van der Waals surface area contributed by atoms with Crippen LogP contribution in [0.4, 0.5) is 0 Å². The molecule has 0 radical (unpaired) electrons. The lowest BCUT2D eigenvalue weighted by Crippen LogP contribution is -2.44. The van der Waals surface area contributed by atoms with Crippen LogP contribution >= 0.6 is 34.7 Å². The van der Waals surface area contributed by atoms with Gasteiger partial charge < -0.3 is 10.1 Å². The average molecular weight is 477 g/mol. The van der Waals surface area contributed by atoms with Gasteiger partial charge in [0.05, 0.1) is 25.0 Å². The van der Waals surface area contributed by atoms with Crippen molar-refractivity contribution in [1.29, 1.82) is 0 Å². The van der Waals surface area contributed by atoms with Crippen LogP contribution < -0.4 is 5.32 Å². The highest BCUT2D eigenvalue weighted by Crippen LogP contribution is 2.34. The van der Waals surface area contributed by atoms with E-state index in [2.05, 4.69) is 34.0 Å². The van der Waals surface area contributed by atoms with Gasteiger partial charge in [-0.05, 0) is 31.0 Å². The summed E-state index contributed by atoms with van der Waals surface area (Å²) in [5.41, 5.74) is 2.22. The van der Waals surface area contributed by atoms with Gasteiger partial charge in [0, 0.05) is 34.9 Å². The predicted molar refractivity (Wildman–Crippen MR) is 127 cm³/mol. The van der Waals surface area contributed by atoms with Gasteiger partial charge in [0.15, 0.2) is 0 Å². The third-order valence-corrected chi connectivity index (χ3v) is 7.96. The molecule has 1 saturated heterocycles. The minimum Gasteiger partial charge on any atom is -0.379 e. The number of benzene rings is 1. The number of carbonyl (C=O) groups excluding carboxylic acids is 1. The zero-order valence-electron chi connectivity index (χ0n) is 17.6. The molecule has 0 saturated carbocycles. The number of nitrogens with zero attached hydrogens (tertiary/aromatic N) is 3. The SMILES string of the molecule is Cc1sc2ncnc(SCC(=O)NCC(c3ccccc3Cl)N3CCOCC3)c2c1C. The number of hydrogen-bond donors (Lipinski definition) is 1. The maximum absolute atomic E-state index is 12.7. The third kappa shape index (κ3) is 5.21. The molecule has 2 aromatic heterocycles. The van der Waals surface area contributed by atoms with Crippen LogP contribution in [0.1, 0.15) is 22.0 Å². The fourth-order valence-corrected chi connectivity index (χ4v) is 5.93. The molecule has 3 heterocycles. The number of thiophene rings is 1. The van der Waals surface area contributed by atoms with Crippen LogP contribution in [-0.4, -0.2) is 59.4 Å². The molecule has 1 aliphatic rings. The fourth-order valence-electron chi connectivity index (χ4n) is 3.73. The van der Waals surface area contributed by atoms with E-state index >= 15 is 0 Å². The fraction of sp³-hybridized carbons (Fsp3) is 0.409. The Balaban J connectivity index is 1.42. The van der Waals surface area contributed by atoms with Crippen molar-refractivity contribution in [1.82, 2.24) is 20.2 Å². The molecular formula is C22H25ClN4O2S2. The van der Waals surface area contributed by atoms with Gasteiger partial charge in [-0.25, -0.2) is 9.97 Å². The Bertz CT molecular complexity index is 1070. The van der Waals surface area contributed by atoms with Crippen molar-refractivity contribution in [2.45, 2.75) is 24.9 Å². The Kier molecular flexibility index (Phi) is 7.45. The maximum Gasteiger partial charge on any atom is 0.230 e. The van der Waals surface area contributed by atoms with E-state index in [9.17, 15) is 4.79 Å². The standard InChI is InChI=1S/C22H25ClN4O2S2/c1-14-15(2)31-22-20(14)21(25-13-26-22)30-12-19(28)24-11-18(27-7-9-29-10-8-27)16-5-3-4-6-17(16)23/h3-6,13,18H,7-12H2,1-2H3,(H,24,28). The van der Waals surface area contributed by atoms with Crippen LogP contribution in [0, 0.1) is 13.8 Å². The van der Waals surface area contributed by atoms with E-state index in [4.69, 9.17) is 16.3 Å². The molecule has 0 aliphatic carbocycles. The molecular weight excluding hydrogens is 452 g/mol. The van der Waals surface area contributed by atoms with Gasteiger partial charge in [0.2, 0.25) is 5.91 Å². The van der Waals surface area contributed by atoms with E-state index in [0.717, 1.165) is 33.9 Å². The molecule has 9 heteroatoms. The Morgan fingerprint density at radius 2 is 2.06 bits per heavy atom. The average Bonchev–Trinajstić information content (AvgIpc) is 3.08. The van der Waals surface area contributed by atoms with Gasteiger partial charge in [-0.1, -0.05) is 41.6 Å². The van der Waals surface area contributed by atoms with Crippen molar-refractivity contribution in [2.24, 2.45) is 0 Å². The Morgan fingerprint density at radius 1 is 1.29 bits per heavy atom. The van der Waals surface area contributed by atoms with Gasteiger partial charge in [0.25, 0.3) is 0 Å². The number of aryl methyl sites for hydroxylation is 2. The summed E-state index contributed by atoms with van der Waals surface area (Å²) in [6.07, 6.45) is 1.57. The van der Waals surface area contributed by atoms with Crippen molar-refractivity contribution in [3.05, 3.63) is 51.6 Å². The lowest BCUT2D eigenvalue weighted by atomic mass is 10.0. The molecule has 1 aliphatic heterocycles. The van der Waals surface area contributed by atoms with Crippen LogP contribution in [0.15, 0.2) is 35.6 Å². The van der Waals surface area contributed by atoms with Gasteiger partial charge in [0.1, 0.15) is 16.2 Å². The smallest absolute Gasteiger partial charge is 0.230 e. The van der Waals surface area contributed by atoms with E-state index in [0.29, 0.717) is 30.5 Å².